The summed E-state index contributed by atoms with van der Waals surface area (Å²) in [4.78, 5) is 0. The standard InChI is InChI=1S/C20H10BrFS/c21-15-3-1-11-7-17-18-8-12-2-4-16(22)6-14(12)10-20(18)23-19(17)9-13(11)5-15/h1-10H. The maximum Gasteiger partial charge on any atom is 0.123 e. The maximum atomic E-state index is 13.5. The second-order valence-electron chi connectivity index (χ2n) is 5.78. The Morgan fingerprint density at radius 1 is 0.652 bits per heavy atom. The summed E-state index contributed by atoms with van der Waals surface area (Å²) in [6.07, 6.45) is 0. The van der Waals surface area contributed by atoms with Crippen molar-refractivity contribution in [3.63, 3.8) is 0 Å². The number of thiophene rings is 1. The monoisotopic (exact) mass is 380 g/mol. The fraction of sp³-hybridized carbons (Fsp3) is 0. The number of fused-ring (bicyclic) bond motifs is 5. The van der Waals surface area contributed by atoms with Gasteiger partial charge in [-0.1, -0.05) is 28.1 Å². The van der Waals surface area contributed by atoms with Gasteiger partial charge in [0.25, 0.3) is 0 Å². The second-order valence-corrected chi connectivity index (χ2v) is 7.78. The van der Waals surface area contributed by atoms with E-state index in [2.05, 4.69) is 58.4 Å². The van der Waals surface area contributed by atoms with Gasteiger partial charge in [0.05, 0.1) is 0 Å². The molecule has 0 bridgehead atoms. The van der Waals surface area contributed by atoms with Gasteiger partial charge >= 0.3 is 0 Å². The Morgan fingerprint density at radius 3 is 1.96 bits per heavy atom. The molecule has 5 rings (SSSR count). The molecule has 23 heavy (non-hydrogen) atoms. The summed E-state index contributed by atoms with van der Waals surface area (Å²) in [7, 11) is 0. The van der Waals surface area contributed by atoms with Crippen LogP contribution >= 0.6 is 27.3 Å². The summed E-state index contributed by atoms with van der Waals surface area (Å²) in [5.41, 5.74) is 0. The molecule has 0 nitrogen and oxygen atoms in total. The van der Waals surface area contributed by atoms with Crippen LogP contribution in [-0.2, 0) is 0 Å². The zero-order valence-electron chi connectivity index (χ0n) is 11.9. The van der Waals surface area contributed by atoms with Gasteiger partial charge in [0.2, 0.25) is 0 Å². The average molecular weight is 381 g/mol. The highest BCUT2D eigenvalue weighted by Gasteiger charge is 2.09. The van der Waals surface area contributed by atoms with Crippen molar-refractivity contribution < 1.29 is 4.39 Å². The normalized spacial score (nSPS) is 11.9. The third-order valence-electron chi connectivity index (χ3n) is 4.31. The fourth-order valence-electron chi connectivity index (χ4n) is 3.20. The van der Waals surface area contributed by atoms with Crippen LogP contribution in [0.4, 0.5) is 4.39 Å². The molecule has 0 radical (unpaired) electrons. The molecule has 110 valence electrons. The molecular formula is C20H10BrFS. The van der Waals surface area contributed by atoms with Crippen molar-refractivity contribution in [2.24, 2.45) is 0 Å². The van der Waals surface area contributed by atoms with E-state index in [0.717, 1.165) is 15.2 Å². The minimum Gasteiger partial charge on any atom is -0.207 e. The smallest absolute Gasteiger partial charge is 0.123 e. The largest absolute Gasteiger partial charge is 0.207 e. The molecule has 0 saturated carbocycles. The third kappa shape index (κ3) is 2.07. The molecule has 0 fully saturated rings. The molecular weight excluding hydrogens is 371 g/mol. The molecule has 0 aliphatic heterocycles. The average Bonchev–Trinajstić information content (AvgIpc) is 2.86. The minimum atomic E-state index is -0.187. The Kier molecular flexibility index (Phi) is 2.79. The Labute approximate surface area is 144 Å². The van der Waals surface area contributed by atoms with Gasteiger partial charge in [-0.15, -0.1) is 11.3 Å². The Bertz CT molecular complexity index is 1140. The van der Waals surface area contributed by atoms with E-state index in [1.165, 1.54) is 37.0 Å². The first-order valence-corrected chi connectivity index (χ1v) is 8.93. The Hall–Kier alpha value is -1.97. The lowest BCUT2D eigenvalue weighted by Crippen LogP contribution is -1.77. The predicted octanol–water partition coefficient (Wildman–Crippen LogP) is 7.26. The van der Waals surface area contributed by atoms with Crippen LogP contribution in [0.2, 0.25) is 0 Å². The summed E-state index contributed by atoms with van der Waals surface area (Å²) in [6.45, 7) is 0. The molecule has 0 unspecified atom stereocenters. The van der Waals surface area contributed by atoms with Crippen LogP contribution in [0.1, 0.15) is 0 Å². The highest BCUT2D eigenvalue weighted by atomic mass is 79.9. The van der Waals surface area contributed by atoms with E-state index in [-0.39, 0.29) is 5.82 Å². The Morgan fingerprint density at radius 2 is 1.26 bits per heavy atom. The molecule has 4 aromatic carbocycles. The second kappa shape index (κ2) is 4.76. The van der Waals surface area contributed by atoms with Crippen molar-refractivity contribution >= 4 is 69.0 Å². The lowest BCUT2D eigenvalue weighted by atomic mass is 10.0. The van der Waals surface area contributed by atoms with Crippen LogP contribution in [0.15, 0.2) is 65.1 Å². The quantitative estimate of drug-likeness (QED) is 0.265. The van der Waals surface area contributed by atoms with Gasteiger partial charge in [0.15, 0.2) is 0 Å². The van der Waals surface area contributed by atoms with Gasteiger partial charge in [-0.05, 0) is 70.1 Å². The first kappa shape index (κ1) is 13.5. The van der Waals surface area contributed by atoms with Crippen LogP contribution in [0, 0.1) is 5.82 Å². The van der Waals surface area contributed by atoms with Crippen molar-refractivity contribution in [3.05, 3.63) is 71.0 Å². The van der Waals surface area contributed by atoms with Crippen molar-refractivity contribution in [2.45, 2.75) is 0 Å². The molecule has 0 atom stereocenters. The van der Waals surface area contributed by atoms with E-state index in [1.54, 1.807) is 17.4 Å². The molecule has 3 heteroatoms. The molecule has 1 heterocycles. The Balaban J connectivity index is 1.94. The number of hydrogen-bond donors (Lipinski definition) is 0. The molecule has 1 aromatic heterocycles. The van der Waals surface area contributed by atoms with E-state index < -0.39 is 0 Å². The minimum absolute atomic E-state index is 0.187. The van der Waals surface area contributed by atoms with E-state index in [0.29, 0.717) is 0 Å². The number of rotatable bonds is 0. The number of halogens is 2. The van der Waals surface area contributed by atoms with Crippen LogP contribution in [0.5, 0.6) is 0 Å². The van der Waals surface area contributed by atoms with Crippen molar-refractivity contribution in [2.75, 3.05) is 0 Å². The van der Waals surface area contributed by atoms with Crippen LogP contribution in [0.3, 0.4) is 0 Å². The molecule has 0 aliphatic carbocycles. The molecule has 5 aromatic rings. The topological polar surface area (TPSA) is 0 Å². The van der Waals surface area contributed by atoms with Gasteiger partial charge in [-0.25, -0.2) is 4.39 Å². The summed E-state index contributed by atoms with van der Waals surface area (Å²) >= 11 is 5.30. The number of hydrogen-bond acceptors (Lipinski definition) is 1. The zero-order valence-corrected chi connectivity index (χ0v) is 14.3. The zero-order chi connectivity index (χ0) is 15.6. The first-order chi connectivity index (χ1) is 11.2. The molecule has 0 saturated heterocycles. The summed E-state index contributed by atoms with van der Waals surface area (Å²) in [5, 5.41) is 7.01. The molecule has 0 amide bonds. The summed E-state index contributed by atoms with van der Waals surface area (Å²) < 4.78 is 17.0. The van der Waals surface area contributed by atoms with Crippen LogP contribution < -0.4 is 0 Å². The van der Waals surface area contributed by atoms with Crippen molar-refractivity contribution in [1.29, 1.82) is 0 Å². The van der Waals surface area contributed by atoms with Gasteiger partial charge in [0.1, 0.15) is 5.82 Å². The fourth-order valence-corrected chi connectivity index (χ4v) is 4.75. The predicted molar refractivity (Wildman–Crippen MR) is 102 cm³/mol. The van der Waals surface area contributed by atoms with E-state index >= 15 is 0 Å². The van der Waals surface area contributed by atoms with E-state index in [9.17, 15) is 4.39 Å². The molecule has 0 spiro atoms. The highest BCUT2D eigenvalue weighted by molar-refractivity contribution is 9.10. The maximum absolute atomic E-state index is 13.5. The highest BCUT2D eigenvalue weighted by Crippen LogP contribution is 2.39. The number of benzene rings is 4. The summed E-state index contributed by atoms with van der Waals surface area (Å²) in [6, 6.07) is 20.1. The van der Waals surface area contributed by atoms with Crippen LogP contribution in [0.25, 0.3) is 41.7 Å². The molecule has 0 N–H and O–H groups in total. The van der Waals surface area contributed by atoms with E-state index in [4.69, 9.17) is 0 Å². The van der Waals surface area contributed by atoms with Gasteiger partial charge in [0, 0.05) is 24.6 Å². The van der Waals surface area contributed by atoms with Crippen LogP contribution in [-0.4, -0.2) is 0 Å². The first-order valence-electron chi connectivity index (χ1n) is 7.32. The lowest BCUT2D eigenvalue weighted by Gasteiger charge is -2.01. The van der Waals surface area contributed by atoms with E-state index in [1.807, 2.05) is 6.07 Å². The van der Waals surface area contributed by atoms with Gasteiger partial charge < -0.3 is 0 Å². The van der Waals surface area contributed by atoms with Gasteiger partial charge in [-0.2, -0.15) is 0 Å². The van der Waals surface area contributed by atoms with Crippen molar-refractivity contribution in [3.8, 4) is 0 Å². The molecule has 0 aliphatic rings. The lowest BCUT2D eigenvalue weighted by molar-refractivity contribution is 0.630. The third-order valence-corrected chi connectivity index (χ3v) is 5.92. The summed E-state index contributed by atoms with van der Waals surface area (Å²) in [5.74, 6) is -0.187. The van der Waals surface area contributed by atoms with Gasteiger partial charge in [-0.3, -0.25) is 0 Å². The SMILES string of the molecule is Fc1ccc2cc3c(cc2c1)sc1cc2cc(Br)ccc2cc13. The van der Waals surface area contributed by atoms with Crippen molar-refractivity contribution in [1.82, 2.24) is 0 Å².